The predicted molar refractivity (Wildman–Crippen MR) is 136 cm³/mol. The molecule has 0 bridgehead atoms. The van der Waals surface area contributed by atoms with Gasteiger partial charge in [0.2, 0.25) is 0 Å². The lowest BCUT2D eigenvalue weighted by Gasteiger charge is -2.19. The van der Waals surface area contributed by atoms with Gasteiger partial charge in [0.15, 0.2) is 0 Å². The summed E-state index contributed by atoms with van der Waals surface area (Å²) in [6, 6.07) is 14.9. The molecule has 1 atom stereocenters. The van der Waals surface area contributed by atoms with Crippen LogP contribution >= 0.6 is 11.8 Å². The van der Waals surface area contributed by atoms with Gasteiger partial charge in [-0.25, -0.2) is 14.4 Å². The van der Waals surface area contributed by atoms with Crippen molar-refractivity contribution in [3.05, 3.63) is 59.7 Å². The average molecular weight is 501 g/mol. The molecule has 1 aliphatic rings. The van der Waals surface area contributed by atoms with Crippen LogP contribution in [0.3, 0.4) is 0 Å². The van der Waals surface area contributed by atoms with Gasteiger partial charge in [0.25, 0.3) is 0 Å². The highest BCUT2D eigenvalue weighted by Gasteiger charge is 2.29. The maximum absolute atomic E-state index is 12.4. The summed E-state index contributed by atoms with van der Waals surface area (Å²) in [7, 11) is 0. The molecule has 0 radical (unpaired) electrons. The first-order chi connectivity index (χ1) is 16.7. The zero-order chi connectivity index (χ0) is 25.4. The number of rotatable bonds is 10. The van der Waals surface area contributed by atoms with E-state index in [1.165, 1.54) is 11.8 Å². The maximum Gasteiger partial charge on any atom is 0.407 e. The minimum Gasteiger partial charge on any atom is -0.480 e. The Bertz CT molecular complexity index is 1010. The van der Waals surface area contributed by atoms with Crippen molar-refractivity contribution in [1.29, 1.82) is 0 Å². The Balaban J connectivity index is 1.42. The summed E-state index contributed by atoms with van der Waals surface area (Å²) < 4.78 is 10.6. The van der Waals surface area contributed by atoms with E-state index in [1.54, 1.807) is 20.8 Å². The monoisotopic (exact) mass is 500 g/mol. The van der Waals surface area contributed by atoms with Crippen LogP contribution in [0.2, 0.25) is 0 Å². The zero-order valence-corrected chi connectivity index (χ0v) is 21.0. The van der Waals surface area contributed by atoms with Gasteiger partial charge in [-0.3, -0.25) is 0 Å². The van der Waals surface area contributed by atoms with E-state index in [0.717, 1.165) is 22.3 Å². The lowest BCUT2D eigenvalue weighted by atomic mass is 9.98. The van der Waals surface area contributed by atoms with Crippen LogP contribution in [0.15, 0.2) is 48.5 Å². The molecule has 0 heterocycles. The van der Waals surface area contributed by atoms with Crippen molar-refractivity contribution < 1.29 is 29.0 Å². The molecule has 35 heavy (non-hydrogen) atoms. The highest BCUT2D eigenvalue weighted by atomic mass is 32.2. The van der Waals surface area contributed by atoms with E-state index in [0.29, 0.717) is 18.7 Å². The van der Waals surface area contributed by atoms with E-state index in [-0.39, 0.29) is 18.3 Å². The number of aliphatic carboxylic acids is 1. The van der Waals surface area contributed by atoms with Gasteiger partial charge in [0, 0.05) is 18.2 Å². The van der Waals surface area contributed by atoms with Crippen LogP contribution in [0, 0.1) is 0 Å². The number of alkyl carbamates (subject to hydrolysis) is 2. The van der Waals surface area contributed by atoms with Crippen LogP contribution in [-0.4, -0.2) is 59.6 Å². The Hall–Kier alpha value is -3.20. The first-order valence-electron chi connectivity index (χ1n) is 11.5. The van der Waals surface area contributed by atoms with Crippen molar-refractivity contribution in [2.75, 3.05) is 24.7 Å². The standard InChI is InChI=1S/C26H32N2O6S/c1-26(2,3)34-24(31)27-13-8-14-35-16-22(23(29)30)28-25(32)33-15-21-19-11-6-4-9-17(19)18-10-5-7-12-20(18)21/h4-7,9-12,21-22H,8,13-16H2,1-3H3,(H,27,31)(H,28,32)(H,29,30). The summed E-state index contributed by atoms with van der Waals surface area (Å²) in [6.07, 6.45) is -0.601. The molecule has 2 aromatic rings. The van der Waals surface area contributed by atoms with Gasteiger partial charge < -0.3 is 25.2 Å². The zero-order valence-electron chi connectivity index (χ0n) is 20.2. The molecule has 0 fully saturated rings. The lowest BCUT2D eigenvalue weighted by molar-refractivity contribution is -0.138. The third-order valence-corrected chi connectivity index (χ3v) is 6.50. The number of carbonyl (C=O) groups excluding carboxylic acids is 2. The molecule has 2 amide bonds. The molecule has 3 N–H and O–H groups in total. The number of carboxylic acid groups (broad SMARTS) is 1. The quantitative estimate of drug-likeness (QED) is 0.408. The van der Waals surface area contributed by atoms with Crippen molar-refractivity contribution in [1.82, 2.24) is 10.6 Å². The second kappa shape index (κ2) is 12.0. The van der Waals surface area contributed by atoms with E-state index in [9.17, 15) is 19.5 Å². The number of thioether (sulfide) groups is 1. The van der Waals surface area contributed by atoms with E-state index in [1.807, 2.05) is 36.4 Å². The normalized spacial score (nSPS) is 13.3. The van der Waals surface area contributed by atoms with E-state index in [4.69, 9.17) is 9.47 Å². The Kier molecular flexibility index (Phi) is 9.03. The van der Waals surface area contributed by atoms with Crippen LogP contribution in [0.25, 0.3) is 11.1 Å². The number of benzene rings is 2. The molecule has 0 spiro atoms. The molecule has 0 aromatic heterocycles. The summed E-state index contributed by atoms with van der Waals surface area (Å²) in [4.78, 5) is 35.6. The van der Waals surface area contributed by atoms with Crippen LogP contribution in [0.4, 0.5) is 9.59 Å². The third-order valence-electron chi connectivity index (χ3n) is 5.35. The molecule has 2 aromatic carbocycles. The highest BCUT2D eigenvalue weighted by molar-refractivity contribution is 7.99. The Labute approximate surface area is 209 Å². The SMILES string of the molecule is CC(C)(C)OC(=O)NCCCSCC(NC(=O)OCC1c2ccccc2-c2ccccc21)C(=O)O. The molecule has 3 rings (SSSR count). The van der Waals surface area contributed by atoms with Gasteiger partial charge in [-0.15, -0.1) is 0 Å². The number of hydrogen-bond acceptors (Lipinski definition) is 6. The average Bonchev–Trinajstić information content (AvgIpc) is 3.11. The summed E-state index contributed by atoms with van der Waals surface area (Å²) in [5.74, 6) is -0.418. The van der Waals surface area contributed by atoms with Gasteiger partial charge in [0.05, 0.1) is 0 Å². The van der Waals surface area contributed by atoms with Gasteiger partial charge in [-0.1, -0.05) is 48.5 Å². The fraction of sp³-hybridized carbons (Fsp3) is 0.423. The molecular weight excluding hydrogens is 468 g/mol. The molecule has 0 saturated heterocycles. The largest absolute Gasteiger partial charge is 0.480 e. The Morgan fingerprint density at radius 1 is 1.00 bits per heavy atom. The van der Waals surface area contributed by atoms with Crippen molar-refractivity contribution in [2.24, 2.45) is 0 Å². The van der Waals surface area contributed by atoms with Crippen molar-refractivity contribution in [3.8, 4) is 11.1 Å². The summed E-state index contributed by atoms with van der Waals surface area (Å²) >= 11 is 1.38. The van der Waals surface area contributed by atoms with Crippen LogP contribution < -0.4 is 10.6 Å². The predicted octanol–water partition coefficient (Wildman–Crippen LogP) is 4.63. The van der Waals surface area contributed by atoms with E-state index >= 15 is 0 Å². The molecule has 0 saturated carbocycles. The third kappa shape index (κ3) is 7.65. The Morgan fingerprint density at radius 2 is 1.60 bits per heavy atom. The second-order valence-electron chi connectivity index (χ2n) is 9.22. The molecular formula is C26H32N2O6S. The summed E-state index contributed by atoms with van der Waals surface area (Å²) in [5, 5.41) is 14.6. The molecule has 188 valence electrons. The number of ether oxygens (including phenoxy) is 2. The number of fused-ring (bicyclic) bond motifs is 3. The first kappa shape index (κ1) is 26.4. The number of nitrogens with one attached hydrogen (secondary N) is 2. The van der Waals surface area contributed by atoms with Crippen molar-refractivity contribution in [3.63, 3.8) is 0 Å². The minimum absolute atomic E-state index is 0.0942. The van der Waals surface area contributed by atoms with Crippen LogP contribution in [0.5, 0.6) is 0 Å². The van der Waals surface area contributed by atoms with Gasteiger partial charge in [-0.05, 0) is 55.2 Å². The van der Waals surface area contributed by atoms with Crippen LogP contribution in [-0.2, 0) is 14.3 Å². The molecule has 9 heteroatoms. The second-order valence-corrected chi connectivity index (χ2v) is 10.4. The van der Waals surface area contributed by atoms with E-state index < -0.39 is 29.8 Å². The molecule has 1 aliphatic carbocycles. The molecule has 1 unspecified atom stereocenters. The van der Waals surface area contributed by atoms with Gasteiger partial charge in [0.1, 0.15) is 18.2 Å². The number of hydrogen-bond donors (Lipinski definition) is 3. The Morgan fingerprint density at radius 3 is 2.17 bits per heavy atom. The topological polar surface area (TPSA) is 114 Å². The van der Waals surface area contributed by atoms with Crippen LogP contribution in [0.1, 0.15) is 44.2 Å². The first-order valence-corrected chi connectivity index (χ1v) is 12.7. The van der Waals surface area contributed by atoms with Gasteiger partial charge >= 0.3 is 18.2 Å². The molecule has 8 nitrogen and oxygen atoms in total. The maximum atomic E-state index is 12.4. The van der Waals surface area contributed by atoms with Gasteiger partial charge in [-0.2, -0.15) is 11.8 Å². The fourth-order valence-electron chi connectivity index (χ4n) is 3.84. The van der Waals surface area contributed by atoms with Crippen molar-refractivity contribution >= 4 is 29.9 Å². The molecule has 0 aliphatic heterocycles. The fourth-order valence-corrected chi connectivity index (χ4v) is 4.81. The lowest BCUT2D eigenvalue weighted by Crippen LogP contribution is -2.43. The summed E-state index contributed by atoms with van der Waals surface area (Å²) in [5.41, 5.74) is 3.87. The summed E-state index contributed by atoms with van der Waals surface area (Å²) in [6.45, 7) is 5.91. The van der Waals surface area contributed by atoms with E-state index in [2.05, 4.69) is 22.8 Å². The number of carbonyl (C=O) groups is 3. The smallest absolute Gasteiger partial charge is 0.407 e. The van der Waals surface area contributed by atoms with Crippen molar-refractivity contribution in [2.45, 2.75) is 44.8 Å². The minimum atomic E-state index is -1.13. The highest BCUT2D eigenvalue weighted by Crippen LogP contribution is 2.44. The number of amides is 2. The number of carboxylic acids is 1.